The van der Waals surface area contributed by atoms with Gasteiger partial charge < -0.3 is 25.2 Å². The number of hydrogen-bond acceptors (Lipinski definition) is 5. The largest absolute Gasteiger partial charge is 0.493 e. The highest BCUT2D eigenvalue weighted by Crippen LogP contribution is 2.35. The molecular formula is C23H33N3O3S. The molecule has 1 aromatic carbocycles. The van der Waals surface area contributed by atoms with E-state index in [-0.39, 0.29) is 6.10 Å². The van der Waals surface area contributed by atoms with Crippen molar-refractivity contribution in [2.24, 2.45) is 4.99 Å². The second-order valence-electron chi connectivity index (χ2n) is 7.81. The summed E-state index contributed by atoms with van der Waals surface area (Å²) in [6.45, 7) is 5.37. The van der Waals surface area contributed by atoms with Crippen LogP contribution in [0.15, 0.2) is 40.0 Å². The van der Waals surface area contributed by atoms with Crippen LogP contribution in [0.3, 0.4) is 0 Å². The minimum Gasteiger partial charge on any atom is -0.493 e. The van der Waals surface area contributed by atoms with Gasteiger partial charge in [-0.2, -0.15) is 11.3 Å². The minimum absolute atomic E-state index is 0.246. The summed E-state index contributed by atoms with van der Waals surface area (Å²) in [4.78, 5) is 4.73. The molecule has 30 heavy (non-hydrogen) atoms. The highest BCUT2D eigenvalue weighted by molar-refractivity contribution is 7.08. The molecule has 1 saturated carbocycles. The van der Waals surface area contributed by atoms with Crippen LogP contribution in [-0.4, -0.2) is 37.4 Å². The molecule has 1 aromatic heterocycles. The first-order chi connectivity index (χ1) is 14.5. The molecule has 1 atom stereocenters. The van der Waals surface area contributed by atoms with Crippen molar-refractivity contribution in [3.8, 4) is 11.5 Å². The van der Waals surface area contributed by atoms with Crippen LogP contribution in [0, 0.1) is 0 Å². The fourth-order valence-corrected chi connectivity index (χ4v) is 4.37. The lowest BCUT2D eigenvalue weighted by molar-refractivity contribution is 0.0621. The van der Waals surface area contributed by atoms with Gasteiger partial charge in [0.05, 0.1) is 26.3 Å². The Morgan fingerprint density at radius 1 is 1.27 bits per heavy atom. The Hall–Kier alpha value is -2.25. The maximum atomic E-state index is 10.8. The van der Waals surface area contributed by atoms with Gasteiger partial charge in [0, 0.05) is 12.1 Å². The van der Waals surface area contributed by atoms with Crippen molar-refractivity contribution in [3.63, 3.8) is 0 Å². The number of nitrogens with zero attached hydrogens (tertiary/aromatic N) is 1. The van der Waals surface area contributed by atoms with E-state index in [0.717, 1.165) is 42.0 Å². The molecule has 1 fully saturated rings. The van der Waals surface area contributed by atoms with E-state index in [4.69, 9.17) is 14.5 Å². The standard InChI is InChI=1S/C23H33N3O3S/c1-4-24-22(26-16-23(2,27)18-12-13-30-15-18)25-14-17-8-7-11-20(28-3)21(17)29-19-9-5-6-10-19/h7-8,11-13,15,19,27H,4-6,9-10,14,16H2,1-3H3,(H2,24,25,26). The third-order valence-corrected chi connectivity index (χ3v) is 6.05. The molecule has 7 heteroatoms. The van der Waals surface area contributed by atoms with Gasteiger partial charge in [0.1, 0.15) is 5.60 Å². The highest BCUT2D eigenvalue weighted by Gasteiger charge is 2.24. The molecule has 1 heterocycles. The van der Waals surface area contributed by atoms with Gasteiger partial charge in [0.15, 0.2) is 17.5 Å². The second-order valence-corrected chi connectivity index (χ2v) is 8.59. The number of aliphatic imine (C=N–C) groups is 1. The molecule has 0 saturated heterocycles. The Kier molecular flexibility index (Phi) is 7.99. The number of methoxy groups -OCH3 is 1. The normalized spacial score (nSPS) is 16.9. The average molecular weight is 432 g/mol. The number of nitrogens with one attached hydrogen (secondary N) is 2. The fourth-order valence-electron chi connectivity index (χ4n) is 3.59. The molecule has 3 rings (SSSR count). The van der Waals surface area contributed by atoms with Crippen molar-refractivity contribution in [2.75, 3.05) is 20.2 Å². The molecule has 1 unspecified atom stereocenters. The van der Waals surface area contributed by atoms with E-state index >= 15 is 0 Å². The average Bonchev–Trinajstić information content (AvgIpc) is 3.45. The van der Waals surface area contributed by atoms with Gasteiger partial charge in [0.2, 0.25) is 0 Å². The molecular weight excluding hydrogens is 398 g/mol. The van der Waals surface area contributed by atoms with Crippen LogP contribution < -0.4 is 20.1 Å². The van der Waals surface area contributed by atoms with Crippen LogP contribution in [0.5, 0.6) is 11.5 Å². The van der Waals surface area contributed by atoms with Crippen molar-refractivity contribution >= 4 is 17.3 Å². The van der Waals surface area contributed by atoms with E-state index in [1.807, 2.05) is 41.9 Å². The van der Waals surface area contributed by atoms with E-state index in [1.165, 1.54) is 12.8 Å². The van der Waals surface area contributed by atoms with Crippen LogP contribution in [0.4, 0.5) is 0 Å². The summed E-state index contributed by atoms with van der Waals surface area (Å²) in [6, 6.07) is 7.87. The van der Waals surface area contributed by atoms with Gasteiger partial charge >= 0.3 is 0 Å². The van der Waals surface area contributed by atoms with Gasteiger partial charge in [-0.05, 0) is 68.0 Å². The first kappa shape index (κ1) is 22.4. The lowest BCUT2D eigenvalue weighted by Crippen LogP contribution is -2.44. The van der Waals surface area contributed by atoms with E-state index < -0.39 is 5.60 Å². The minimum atomic E-state index is -0.969. The summed E-state index contributed by atoms with van der Waals surface area (Å²) in [5, 5.41) is 21.2. The summed E-state index contributed by atoms with van der Waals surface area (Å²) in [7, 11) is 1.67. The predicted octanol–water partition coefficient (Wildman–Crippen LogP) is 4.04. The van der Waals surface area contributed by atoms with Gasteiger partial charge in [-0.25, -0.2) is 4.99 Å². The number of ether oxygens (including phenoxy) is 2. The molecule has 164 valence electrons. The molecule has 3 N–H and O–H groups in total. The molecule has 2 aromatic rings. The zero-order valence-corrected chi connectivity index (χ0v) is 18.9. The lowest BCUT2D eigenvalue weighted by atomic mass is 9.99. The Morgan fingerprint density at radius 2 is 2.07 bits per heavy atom. The smallest absolute Gasteiger partial charge is 0.191 e. The quantitative estimate of drug-likeness (QED) is 0.413. The summed E-state index contributed by atoms with van der Waals surface area (Å²) >= 11 is 1.58. The zero-order valence-electron chi connectivity index (χ0n) is 18.1. The fraction of sp³-hybridized carbons (Fsp3) is 0.522. The van der Waals surface area contributed by atoms with Crippen molar-refractivity contribution in [1.82, 2.24) is 10.6 Å². The monoisotopic (exact) mass is 431 g/mol. The predicted molar refractivity (Wildman–Crippen MR) is 123 cm³/mol. The van der Waals surface area contributed by atoms with E-state index in [2.05, 4.69) is 10.6 Å². The van der Waals surface area contributed by atoms with Crippen LogP contribution in [-0.2, 0) is 12.1 Å². The molecule has 0 radical (unpaired) electrons. The number of benzene rings is 1. The first-order valence-electron chi connectivity index (χ1n) is 10.6. The number of rotatable bonds is 9. The third kappa shape index (κ3) is 5.89. The molecule has 0 bridgehead atoms. The van der Waals surface area contributed by atoms with Gasteiger partial charge in [0.25, 0.3) is 0 Å². The van der Waals surface area contributed by atoms with Crippen LogP contribution in [0.25, 0.3) is 0 Å². The lowest BCUT2D eigenvalue weighted by Gasteiger charge is -2.24. The molecule has 1 aliphatic carbocycles. The maximum Gasteiger partial charge on any atom is 0.191 e. The highest BCUT2D eigenvalue weighted by atomic mass is 32.1. The zero-order chi connectivity index (χ0) is 21.4. The molecule has 1 aliphatic rings. The van der Waals surface area contributed by atoms with Gasteiger partial charge in [-0.1, -0.05) is 12.1 Å². The van der Waals surface area contributed by atoms with Crippen LogP contribution in [0.1, 0.15) is 50.7 Å². The van der Waals surface area contributed by atoms with Crippen LogP contribution in [0.2, 0.25) is 0 Å². The van der Waals surface area contributed by atoms with Crippen molar-refractivity contribution in [2.45, 2.75) is 57.8 Å². The van der Waals surface area contributed by atoms with Crippen LogP contribution >= 0.6 is 11.3 Å². The summed E-state index contributed by atoms with van der Waals surface area (Å²) in [5.74, 6) is 2.19. The number of hydrogen-bond donors (Lipinski definition) is 3. The summed E-state index contributed by atoms with van der Waals surface area (Å²) < 4.78 is 11.9. The van der Waals surface area contributed by atoms with E-state index in [0.29, 0.717) is 19.0 Å². The molecule has 0 amide bonds. The molecule has 6 nitrogen and oxygen atoms in total. The summed E-state index contributed by atoms with van der Waals surface area (Å²) in [6.07, 6.45) is 4.85. The number of para-hydroxylation sites is 1. The third-order valence-electron chi connectivity index (χ3n) is 5.36. The second kappa shape index (κ2) is 10.7. The van der Waals surface area contributed by atoms with Gasteiger partial charge in [-0.15, -0.1) is 0 Å². The molecule has 0 aliphatic heterocycles. The van der Waals surface area contributed by atoms with Crippen molar-refractivity contribution < 1.29 is 14.6 Å². The Bertz CT molecular complexity index is 815. The van der Waals surface area contributed by atoms with E-state index in [1.54, 1.807) is 25.4 Å². The number of guanidine groups is 1. The molecule has 0 spiro atoms. The Labute approximate surface area is 183 Å². The Morgan fingerprint density at radius 3 is 2.73 bits per heavy atom. The summed E-state index contributed by atoms with van der Waals surface area (Å²) in [5.41, 5.74) is 0.919. The SMILES string of the molecule is CCNC(=NCc1cccc(OC)c1OC1CCCC1)NCC(C)(O)c1ccsc1. The van der Waals surface area contributed by atoms with Crippen molar-refractivity contribution in [3.05, 3.63) is 46.2 Å². The van der Waals surface area contributed by atoms with Gasteiger partial charge in [-0.3, -0.25) is 0 Å². The van der Waals surface area contributed by atoms with Crippen molar-refractivity contribution in [1.29, 1.82) is 0 Å². The Balaban J connectivity index is 1.72. The number of aliphatic hydroxyl groups is 1. The topological polar surface area (TPSA) is 75.1 Å². The first-order valence-corrected chi connectivity index (χ1v) is 11.6. The van der Waals surface area contributed by atoms with E-state index in [9.17, 15) is 5.11 Å². The number of thiophene rings is 1. The maximum absolute atomic E-state index is 10.8.